The zero-order valence-electron chi connectivity index (χ0n) is 31.7. The monoisotopic (exact) mass is 880 g/mol. The quantitative estimate of drug-likeness (QED) is 0.0835. The third-order valence-electron chi connectivity index (χ3n) is 9.32. The van der Waals surface area contributed by atoms with Crippen LogP contribution in [0.5, 0.6) is 11.5 Å². The van der Waals surface area contributed by atoms with Gasteiger partial charge >= 0.3 is 31.3 Å². The van der Waals surface area contributed by atoms with E-state index in [1.165, 1.54) is 62.8 Å². The number of nitrogens with zero attached hydrogens (tertiary/aromatic N) is 2. The molecule has 2 atom stereocenters. The van der Waals surface area contributed by atoms with E-state index in [2.05, 4.69) is 28.8 Å². The summed E-state index contributed by atoms with van der Waals surface area (Å²) in [5, 5.41) is 5.70. The van der Waals surface area contributed by atoms with E-state index in [1.807, 2.05) is 0 Å². The Kier molecular flexibility index (Phi) is 19.9. The molecule has 57 heavy (non-hydrogen) atoms. The highest BCUT2D eigenvalue weighted by atomic mass is 35.5. The summed E-state index contributed by atoms with van der Waals surface area (Å²) in [5.41, 5.74) is -9.89. The summed E-state index contributed by atoms with van der Waals surface area (Å²) >= 11 is 0. The largest absolute Gasteiger partial charge is 0.534 e. The molecule has 2 N–H and O–H groups in total. The van der Waals surface area contributed by atoms with E-state index < -0.39 is 54.6 Å². The van der Waals surface area contributed by atoms with Gasteiger partial charge in [0.25, 0.3) is 0 Å². The third-order valence-corrected chi connectivity index (χ3v) is 11.3. The lowest BCUT2D eigenvalue weighted by Gasteiger charge is -2.26. The van der Waals surface area contributed by atoms with Crippen molar-refractivity contribution in [1.29, 1.82) is 0 Å². The minimum absolute atomic E-state index is 0. The number of hydrogen-bond donors (Lipinski definition) is 2. The number of likely N-dealkylation sites (tertiary alicyclic amines) is 2. The van der Waals surface area contributed by atoms with Crippen molar-refractivity contribution in [2.75, 3.05) is 52.4 Å². The molecular formula is C36H51ClF6N4O8S2. The number of benzene rings is 2. The second-order valence-electron chi connectivity index (χ2n) is 13.6. The predicted octanol–water partition coefficient (Wildman–Crippen LogP) is 6.44. The second-order valence-corrected chi connectivity index (χ2v) is 16.7. The first kappa shape index (κ1) is 49.8. The van der Waals surface area contributed by atoms with Crippen molar-refractivity contribution in [2.45, 2.75) is 88.1 Å². The molecule has 2 aromatic rings. The summed E-state index contributed by atoms with van der Waals surface area (Å²) in [6.07, 6.45) is 9.11. The smallest absolute Gasteiger partial charge is 0.376 e. The van der Waals surface area contributed by atoms with E-state index >= 15 is 0 Å². The van der Waals surface area contributed by atoms with E-state index in [0.29, 0.717) is 24.2 Å². The molecule has 2 heterocycles. The Morgan fingerprint density at radius 2 is 0.895 bits per heavy atom. The number of piperidine rings is 2. The highest BCUT2D eigenvalue weighted by Crippen LogP contribution is 2.29. The average Bonchev–Trinajstić information content (AvgIpc) is 3.15. The van der Waals surface area contributed by atoms with Gasteiger partial charge in [0.2, 0.25) is 11.8 Å². The first-order valence-corrected chi connectivity index (χ1v) is 21.2. The summed E-state index contributed by atoms with van der Waals surface area (Å²) in [4.78, 5) is 29.2. The van der Waals surface area contributed by atoms with Crippen LogP contribution in [0.2, 0.25) is 0 Å². The minimum atomic E-state index is -5.71. The van der Waals surface area contributed by atoms with Gasteiger partial charge in [-0.3, -0.25) is 9.59 Å². The third kappa shape index (κ3) is 16.4. The molecule has 0 aliphatic carbocycles. The van der Waals surface area contributed by atoms with Crippen LogP contribution < -0.4 is 19.0 Å². The lowest BCUT2D eigenvalue weighted by molar-refractivity contribution is -0.123. The molecule has 0 radical (unpaired) electrons. The van der Waals surface area contributed by atoms with Gasteiger partial charge in [-0.2, -0.15) is 43.2 Å². The lowest BCUT2D eigenvalue weighted by Crippen LogP contribution is -2.34. The van der Waals surface area contributed by atoms with Crippen molar-refractivity contribution in [3.05, 3.63) is 59.7 Å². The molecule has 12 nitrogen and oxygen atoms in total. The molecular weight excluding hydrogens is 830 g/mol. The van der Waals surface area contributed by atoms with Gasteiger partial charge in [0, 0.05) is 13.1 Å². The van der Waals surface area contributed by atoms with Crippen molar-refractivity contribution in [1.82, 2.24) is 20.4 Å². The molecule has 4 rings (SSSR count). The summed E-state index contributed by atoms with van der Waals surface area (Å²) < 4.78 is 126. The molecule has 2 aliphatic heterocycles. The van der Waals surface area contributed by atoms with Crippen LogP contribution in [0.4, 0.5) is 26.3 Å². The van der Waals surface area contributed by atoms with Crippen LogP contribution in [0.15, 0.2) is 48.5 Å². The van der Waals surface area contributed by atoms with Crippen molar-refractivity contribution in [2.24, 2.45) is 0 Å². The predicted molar refractivity (Wildman–Crippen MR) is 204 cm³/mol. The van der Waals surface area contributed by atoms with Gasteiger partial charge < -0.3 is 28.8 Å². The van der Waals surface area contributed by atoms with Crippen LogP contribution in [0.3, 0.4) is 0 Å². The number of alkyl halides is 6. The van der Waals surface area contributed by atoms with E-state index in [1.54, 1.807) is 13.8 Å². The van der Waals surface area contributed by atoms with Crippen LogP contribution >= 0.6 is 12.4 Å². The summed E-state index contributed by atoms with van der Waals surface area (Å²) in [5.74, 6) is -2.37. The molecule has 0 bridgehead atoms. The molecule has 0 saturated carbocycles. The maximum Gasteiger partial charge on any atom is 0.534 e. The number of carbonyl (C=O) groups excluding carboxylic acids is 2. The van der Waals surface area contributed by atoms with Gasteiger partial charge in [-0.25, -0.2) is 0 Å². The SMILES string of the molecule is C[C@@H](C(=O)NCCCN1CCCCC1)c1ccc(OS(=O)(=O)C(F)(F)F)cc1.C[C@@H](C(=O)NCCCN1CCCCC1)c1ccc(OS(=O)(=O)C(F)(F)F)cc1.Cl. The zero-order valence-corrected chi connectivity index (χ0v) is 34.2. The molecule has 0 unspecified atom stereocenters. The molecule has 2 saturated heterocycles. The number of rotatable bonds is 16. The van der Waals surface area contributed by atoms with Crippen molar-refractivity contribution >= 4 is 44.5 Å². The minimum Gasteiger partial charge on any atom is -0.376 e. The fourth-order valence-electron chi connectivity index (χ4n) is 5.98. The molecule has 2 fully saturated rings. The molecule has 2 aliphatic rings. The van der Waals surface area contributed by atoms with Crippen molar-refractivity contribution < 1.29 is 61.1 Å². The Labute approximate surface area is 336 Å². The Hall–Kier alpha value is -3.33. The maximum atomic E-state index is 12.3. The van der Waals surface area contributed by atoms with E-state index in [0.717, 1.165) is 76.4 Å². The Morgan fingerprint density at radius 1 is 0.596 bits per heavy atom. The topological polar surface area (TPSA) is 151 Å². The van der Waals surface area contributed by atoms with Crippen LogP contribution in [0, 0.1) is 0 Å². The number of carbonyl (C=O) groups is 2. The number of nitrogens with one attached hydrogen (secondary N) is 2. The van der Waals surface area contributed by atoms with Crippen LogP contribution in [0.25, 0.3) is 0 Å². The van der Waals surface area contributed by atoms with Crippen LogP contribution in [0.1, 0.15) is 88.2 Å². The Morgan fingerprint density at radius 3 is 1.18 bits per heavy atom. The van der Waals surface area contributed by atoms with Gasteiger partial charge in [0.15, 0.2) is 0 Å². The first-order valence-electron chi connectivity index (χ1n) is 18.4. The van der Waals surface area contributed by atoms with Crippen molar-refractivity contribution in [3.63, 3.8) is 0 Å². The summed E-state index contributed by atoms with van der Waals surface area (Å²) in [6.45, 7) is 10.7. The lowest BCUT2D eigenvalue weighted by atomic mass is 10.0. The number of halogens is 7. The summed E-state index contributed by atoms with van der Waals surface area (Å²) in [7, 11) is -11.4. The molecule has 2 amide bonds. The second kappa shape index (κ2) is 22.7. The van der Waals surface area contributed by atoms with Crippen LogP contribution in [-0.4, -0.2) is 102 Å². The van der Waals surface area contributed by atoms with Gasteiger partial charge in [0.05, 0.1) is 11.8 Å². The normalized spacial score (nSPS) is 16.8. The fraction of sp³-hybridized carbons (Fsp3) is 0.611. The maximum absolute atomic E-state index is 12.3. The molecule has 21 heteroatoms. The summed E-state index contributed by atoms with van der Waals surface area (Å²) in [6, 6.07) is 9.88. The Balaban J connectivity index is 0.000000387. The number of amides is 2. The Bertz CT molecular complexity index is 1630. The molecule has 324 valence electrons. The molecule has 2 aromatic carbocycles. The highest BCUT2D eigenvalue weighted by Gasteiger charge is 2.49. The van der Waals surface area contributed by atoms with Gasteiger partial charge in [-0.1, -0.05) is 37.1 Å². The van der Waals surface area contributed by atoms with Gasteiger partial charge in [-0.15, -0.1) is 12.4 Å². The average molecular weight is 881 g/mol. The fourth-order valence-corrected chi connectivity index (χ4v) is 6.89. The van der Waals surface area contributed by atoms with Gasteiger partial charge in [-0.05, 0) is 127 Å². The van der Waals surface area contributed by atoms with E-state index in [4.69, 9.17) is 0 Å². The van der Waals surface area contributed by atoms with Gasteiger partial charge in [0.1, 0.15) is 11.5 Å². The van der Waals surface area contributed by atoms with E-state index in [-0.39, 0.29) is 24.2 Å². The first-order chi connectivity index (χ1) is 26.2. The highest BCUT2D eigenvalue weighted by molar-refractivity contribution is 7.88. The molecule has 0 spiro atoms. The van der Waals surface area contributed by atoms with E-state index in [9.17, 15) is 52.8 Å². The van der Waals surface area contributed by atoms with Crippen LogP contribution in [-0.2, 0) is 29.8 Å². The van der Waals surface area contributed by atoms with Crippen molar-refractivity contribution in [3.8, 4) is 11.5 Å². The standard InChI is InChI=1S/2C18H25F3N2O4S.ClH/c2*1-14(17(24)22-10-5-13-23-11-3-2-4-12-23)15-6-8-16(9-7-15)27-28(25,26)18(19,20)21;/h2*6-9,14H,2-5,10-13H2,1H3,(H,22,24);1H/t2*14-;/m11./s1. The molecule has 0 aromatic heterocycles. The zero-order chi connectivity index (χ0) is 41.6. The number of hydrogen-bond acceptors (Lipinski definition) is 10.